The van der Waals surface area contributed by atoms with E-state index in [1.165, 1.54) is 10.1 Å². The summed E-state index contributed by atoms with van der Waals surface area (Å²) in [6.07, 6.45) is 3.07. The zero-order valence-corrected chi connectivity index (χ0v) is 14.7. The van der Waals surface area contributed by atoms with Crippen LogP contribution in [-0.2, 0) is 6.42 Å². The van der Waals surface area contributed by atoms with Gasteiger partial charge in [-0.3, -0.25) is 9.89 Å². The Kier molecular flexibility index (Phi) is 3.95. The summed E-state index contributed by atoms with van der Waals surface area (Å²) < 4.78 is 1.28. The Morgan fingerprint density at radius 2 is 1.96 bits per heavy atom. The lowest BCUT2D eigenvalue weighted by molar-refractivity contribution is 0.262. The van der Waals surface area contributed by atoms with Crippen molar-refractivity contribution < 1.29 is 4.79 Å². The van der Waals surface area contributed by atoms with Crippen LogP contribution in [0.1, 0.15) is 42.8 Å². The van der Waals surface area contributed by atoms with Gasteiger partial charge in [0.15, 0.2) is 0 Å². The van der Waals surface area contributed by atoms with Gasteiger partial charge in [-0.2, -0.15) is 9.50 Å². The summed E-state index contributed by atoms with van der Waals surface area (Å²) in [5.74, 6) is 1.48. The zero-order chi connectivity index (χ0) is 18.3. The summed E-state index contributed by atoms with van der Waals surface area (Å²) >= 11 is 0. The first kappa shape index (κ1) is 16.3. The first-order valence-electron chi connectivity index (χ1n) is 8.71. The van der Waals surface area contributed by atoms with Gasteiger partial charge in [-0.1, -0.05) is 19.1 Å². The lowest BCUT2D eigenvalue weighted by Gasteiger charge is -2.09. The van der Waals surface area contributed by atoms with E-state index in [1.807, 2.05) is 24.3 Å². The number of carbonyl (C=O) groups excluding carboxylic acids is 1. The Morgan fingerprint density at radius 3 is 2.62 bits per heavy atom. The molecule has 1 saturated carbocycles. The number of nitrogens with zero attached hydrogens (tertiary/aromatic N) is 3. The Morgan fingerprint density at radius 1 is 1.23 bits per heavy atom. The lowest BCUT2D eigenvalue weighted by Crippen LogP contribution is -2.28. The van der Waals surface area contributed by atoms with Crippen LogP contribution in [0.25, 0.3) is 5.78 Å². The molecule has 0 spiro atoms. The molecule has 2 aromatic heterocycles. The Labute approximate surface area is 149 Å². The molecule has 0 saturated heterocycles. The number of nitrogens with one attached hydrogen (secondary N) is 3. The van der Waals surface area contributed by atoms with Crippen LogP contribution in [-0.4, -0.2) is 25.6 Å². The standard InChI is InChI=1S/C18H20N6O2/c1-3-11-4-8-13(9-5-11)20-18(26)21-14-10(2)19-17-22-15(12-6-7-12)23-24(17)16(14)25/h4-5,8-9,12H,3,6-7H2,1-2H3,(H,19,22,23)(H2,20,21,26). The fourth-order valence-corrected chi connectivity index (χ4v) is 2.82. The summed E-state index contributed by atoms with van der Waals surface area (Å²) in [6.45, 7) is 3.75. The number of urea groups is 1. The molecule has 0 aliphatic heterocycles. The van der Waals surface area contributed by atoms with Crippen molar-refractivity contribution in [3.8, 4) is 0 Å². The molecule has 0 bridgehead atoms. The number of H-pyrrole nitrogens is 1. The highest BCUT2D eigenvalue weighted by atomic mass is 16.2. The van der Waals surface area contributed by atoms with Gasteiger partial charge in [0.05, 0.1) is 5.69 Å². The van der Waals surface area contributed by atoms with Gasteiger partial charge in [-0.25, -0.2) is 9.78 Å². The minimum absolute atomic E-state index is 0.135. The molecule has 0 atom stereocenters. The molecule has 134 valence electrons. The second-order valence-electron chi connectivity index (χ2n) is 6.53. The second-order valence-corrected chi connectivity index (χ2v) is 6.53. The number of aromatic nitrogens is 4. The highest BCUT2D eigenvalue weighted by molar-refractivity contribution is 6.00. The summed E-state index contributed by atoms with van der Waals surface area (Å²) in [5, 5.41) is 8.32. The first-order chi connectivity index (χ1) is 12.5. The molecular formula is C18H20N6O2. The summed E-state index contributed by atoms with van der Waals surface area (Å²) in [7, 11) is 0. The molecule has 2 heterocycles. The maximum Gasteiger partial charge on any atom is 0.323 e. The van der Waals surface area contributed by atoms with Gasteiger partial charge in [0.1, 0.15) is 11.5 Å². The van der Waals surface area contributed by atoms with Crippen molar-refractivity contribution in [2.24, 2.45) is 0 Å². The highest BCUT2D eigenvalue weighted by Crippen LogP contribution is 2.37. The maximum absolute atomic E-state index is 12.7. The van der Waals surface area contributed by atoms with Crippen molar-refractivity contribution in [2.45, 2.75) is 39.0 Å². The number of hydrogen-bond donors (Lipinski definition) is 3. The number of anilines is 2. The van der Waals surface area contributed by atoms with Crippen LogP contribution in [0.2, 0.25) is 0 Å². The Bertz CT molecular complexity index is 1030. The van der Waals surface area contributed by atoms with E-state index in [0.29, 0.717) is 23.1 Å². The maximum atomic E-state index is 12.7. The summed E-state index contributed by atoms with van der Waals surface area (Å²) in [5.41, 5.74) is 2.04. The number of benzene rings is 1. The van der Waals surface area contributed by atoms with Crippen molar-refractivity contribution in [3.63, 3.8) is 0 Å². The minimum Gasteiger partial charge on any atom is -0.308 e. The topological polar surface area (TPSA) is 104 Å². The largest absolute Gasteiger partial charge is 0.323 e. The SMILES string of the molecule is CCc1ccc(NC(=O)Nc2c(C)nc3nc(C4CC4)[nH]n3c2=O)cc1. The molecular weight excluding hydrogens is 332 g/mol. The number of rotatable bonds is 4. The highest BCUT2D eigenvalue weighted by Gasteiger charge is 2.28. The summed E-state index contributed by atoms with van der Waals surface area (Å²) in [6, 6.07) is 7.08. The second kappa shape index (κ2) is 6.29. The normalized spacial score (nSPS) is 13.8. The fourth-order valence-electron chi connectivity index (χ4n) is 2.82. The molecule has 1 aliphatic carbocycles. The van der Waals surface area contributed by atoms with E-state index in [9.17, 15) is 9.59 Å². The number of fused-ring (bicyclic) bond motifs is 1. The average molecular weight is 352 g/mol. The third-order valence-electron chi connectivity index (χ3n) is 4.52. The average Bonchev–Trinajstić information content (AvgIpc) is 3.39. The minimum atomic E-state index is -0.488. The lowest BCUT2D eigenvalue weighted by atomic mass is 10.1. The number of amides is 2. The van der Waals surface area contributed by atoms with Crippen LogP contribution >= 0.6 is 0 Å². The third kappa shape index (κ3) is 3.05. The quantitative estimate of drug-likeness (QED) is 0.671. The van der Waals surface area contributed by atoms with E-state index in [0.717, 1.165) is 25.1 Å². The Hall–Kier alpha value is -3.16. The molecule has 0 unspecified atom stereocenters. The number of carbonyl (C=O) groups is 1. The molecule has 26 heavy (non-hydrogen) atoms. The van der Waals surface area contributed by atoms with Gasteiger partial charge in [0.25, 0.3) is 11.3 Å². The van der Waals surface area contributed by atoms with Crippen molar-refractivity contribution in [1.82, 2.24) is 19.6 Å². The predicted molar refractivity (Wildman–Crippen MR) is 98.8 cm³/mol. The van der Waals surface area contributed by atoms with Crippen molar-refractivity contribution in [3.05, 3.63) is 51.7 Å². The van der Waals surface area contributed by atoms with Crippen LogP contribution in [0.5, 0.6) is 0 Å². The third-order valence-corrected chi connectivity index (χ3v) is 4.52. The molecule has 0 radical (unpaired) electrons. The molecule has 8 heteroatoms. The van der Waals surface area contributed by atoms with E-state index in [2.05, 4.69) is 32.6 Å². The van der Waals surface area contributed by atoms with Crippen LogP contribution in [0.4, 0.5) is 16.2 Å². The van der Waals surface area contributed by atoms with E-state index in [-0.39, 0.29) is 11.2 Å². The molecule has 3 aromatic rings. The fraction of sp³-hybridized carbons (Fsp3) is 0.333. The van der Waals surface area contributed by atoms with Crippen LogP contribution in [0.15, 0.2) is 29.1 Å². The van der Waals surface area contributed by atoms with E-state index >= 15 is 0 Å². The first-order valence-corrected chi connectivity index (χ1v) is 8.71. The predicted octanol–water partition coefficient (Wildman–Crippen LogP) is 2.81. The molecule has 2 amide bonds. The van der Waals surface area contributed by atoms with Gasteiger partial charge in [0, 0.05) is 11.6 Å². The van der Waals surface area contributed by atoms with Crippen molar-refractivity contribution >= 4 is 23.2 Å². The van der Waals surface area contributed by atoms with Crippen LogP contribution < -0.4 is 16.2 Å². The summed E-state index contributed by atoms with van der Waals surface area (Å²) in [4.78, 5) is 33.7. The zero-order valence-electron chi connectivity index (χ0n) is 14.7. The number of aromatic amines is 1. The van der Waals surface area contributed by atoms with E-state index in [1.54, 1.807) is 6.92 Å². The van der Waals surface area contributed by atoms with E-state index < -0.39 is 6.03 Å². The van der Waals surface area contributed by atoms with Gasteiger partial charge in [-0.15, -0.1) is 0 Å². The molecule has 1 aliphatic rings. The molecule has 1 aromatic carbocycles. The molecule has 4 rings (SSSR count). The van der Waals surface area contributed by atoms with Crippen molar-refractivity contribution in [1.29, 1.82) is 0 Å². The molecule has 1 fully saturated rings. The monoisotopic (exact) mass is 352 g/mol. The van der Waals surface area contributed by atoms with Crippen molar-refractivity contribution in [2.75, 3.05) is 10.6 Å². The van der Waals surface area contributed by atoms with E-state index in [4.69, 9.17) is 0 Å². The van der Waals surface area contributed by atoms with Crippen LogP contribution in [0.3, 0.4) is 0 Å². The van der Waals surface area contributed by atoms with Gasteiger partial charge in [0.2, 0.25) is 0 Å². The Balaban J connectivity index is 1.57. The molecule has 3 N–H and O–H groups in total. The number of aryl methyl sites for hydroxylation is 2. The smallest absolute Gasteiger partial charge is 0.308 e. The molecule has 8 nitrogen and oxygen atoms in total. The van der Waals surface area contributed by atoms with Crippen LogP contribution in [0, 0.1) is 6.92 Å². The van der Waals surface area contributed by atoms with Gasteiger partial charge >= 0.3 is 6.03 Å². The van der Waals surface area contributed by atoms with Gasteiger partial charge < -0.3 is 10.6 Å². The van der Waals surface area contributed by atoms with Gasteiger partial charge in [-0.05, 0) is 43.9 Å². The number of hydrogen-bond acceptors (Lipinski definition) is 4.